The Labute approximate surface area is 161 Å². The number of benzene rings is 1. The molecule has 2 aromatic rings. The van der Waals surface area contributed by atoms with Crippen molar-refractivity contribution in [2.75, 3.05) is 19.6 Å². The van der Waals surface area contributed by atoms with E-state index in [1.807, 2.05) is 0 Å². The molecule has 1 aliphatic heterocycles. The number of halogens is 1. The lowest BCUT2D eigenvalue weighted by molar-refractivity contribution is -0.149. The van der Waals surface area contributed by atoms with Crippen molar-refractivity contribution in [3.05, 3.63) is 42.0 Å². The van der Waals surface area contributed by atoms with E-state index >= 15 is 0 Å². The minimum absolute atomic E-state index is 0.0459. The fourth-order valence-corrected chi connectivity index (χ4v) is 4.35. The summed E-state index contributed by atoms with van der Waals surface area (Å²) in [6.07, 6.45) is 4.42. The van der Waals surface area contributed by atoms with Crippen molar-refractivity contribution >= 4 is 12.0 Å². The van der Waals surface area contributed by atoms with E-state index in [1.165, 1.54) is 18.4 Å². The summed E-state index contributed by atoms with van der Waals surface area (Å²) in [6.45, 7) is 1.14. The average Bonchev–Trinajstić information content (AvgIpc) is 3.36. The molecule has 1 aromatic heterocycles. The number of nitrogens with zero attached hydrogens (tertiary/aromatic N) is 2. The van der Waals surface area contributed by atoms with Gasteiger partial charge in [-0.1, -0.05) is 6.42 Å². The van der Waals surface area contributed by atoms with Crippen LogP contribution in [0.15, 0.2) is 34.9 Å². The van der Waals surface area contributed by atoms with Crippen LogP contribution in [-0.4, -0.2) is 46.6 Å². The number of likely N-dealkylation sites (tertiary alicyclic amines) is 1. The van der Waals surface area contributed by atoms with E-state index in [4.69, 9.17) is 4.42 Å². The number of rotatable bonds is 5. The van der Waals surface area contributed by atoms with Gasteiger partial charge in [0.1, 0.15) is 12.1 Å². The highest BCUT2D eigenvalue weighted by Crippen LogP contribution is 2.48. The lowest BCUT2D eigenvalue weighted by atomic mass is 9.81. The first-order valence-electron chi connectivity index (χ1n) is 9.44. The highest BCUT2D eigenvalue weighted by atomic mass is 19.1. The van der Waals surface area contributed by atoms with Gasteiger partial charge >= 0.3 is 12.0 Å². The first-order chi connectivity index (χ1) is 13.5. The van der Waals surface area contributed by atoms with Crippen LogP contribution >= 0.6 is 0 Å². The van der Waals surface area contributed by atoms with Crippen molar-refractivity contribution in [3.63, 3.8) is 0 Å². The smallest absolute Gasteiger partial charge is 0.317 e. The van der Waals surface area contributed by atoms with Crippen LogP contribution in [0, 0.1) is 17.2 Å². The monoisotopic (exact) mass is 387 g/mol. The molecular weight excluding hydrogens is 365 g/mol. The fourth-order valence-electron chi connectivity index (χ4n) is 4.35. The lowest BCUT2D eigenvalue weighted by Crippen LogP contribution is -2.42. The Hall–Kier alpha value is -2.90. The van der Waals surface area contributed by atoms with Gasteiger partial charge in [-0.2, -0.15) is 0 Å². The summed E-state index contributed by atoms with van der Waals surface area (Å²) in [5.41, 5.74) is 0.590. The van der Waals surface area contributed by atoms with Gasteiger partial charge in [-0.3, -0.25) is 4.79 Å². The highest BCUT2D eigenvalue weighted by molar-refractivity contribution is 5.80. The number of hydrogen-bond donors (Lipinski definition) is 2. The molecule has 2 N–H and O–H groups in total. The quantitative estimate of drug-likeness (QED) is 0.822. The molecule has 2 atom stereocenters. The number of hydrogen-bond acceptors (Lipinski definition) is 4. The molecule has 2 amide bonds. The van der Waals surface area contributed by atoms with E-state index in [0.29, 0.717) is 43.1 Å². The van der Waals surface area contributed by atoms with Crippen molar-refractivity contribution in [2.24, 2.45) is 11.3 Å². The van der Waals surface area contributed by atoms with Gasteiger partial charge in [0.15, 0.2) is 0 Å². The van der Waals surface area contributed by atoms with Crippen LogP contribution in [0.1, 0.15) is 25.0 Å². The number of carboxylic acid groups (broad SMARTS) is 1. The second-order valence-corrected chi connectivity index (χ2v) is 7.56. The van der Waals surface area contributed by atoms with Crippen LogP contribution < -0.4 is 5.32 Å². The summed E-state index contributed by atoms with van der Waals surface area (Å²) in [5.74, 6) is -0.670. The Balaban J connectivity index is 1.29. The van der Waals surface area contributed by atoms with Crippen LogP contribution in [0.3, 0.4) is 0 Å². The van der Waals surface area contributed by atoms with Crippen molar-refractivity contribution in [2.45, 2.75) is 25.7 Å². The number of amides is 2. The summed E-state index contributed by atoms with van der Waals surface area (Å²) in [4.78, 5) is 30.1. The van der Waals surface area contributed by atoms with Crippen molar-refractivity contribution < 1.29 is 23.5 Å². The summed E-state index contributed by atoms with van der Waals surface area (Å²) in [6, 6.07) is 5.63. The number of aliphatic carboxylic acids is 1. The molecule has 1 aromatic carbocycles. The van der Waals surface area contributed by atoms with Gasteiger partial charge in [-0.15, -0.1) is 0 Å². The minimum Gasteiger partial charge on any atom is -0.481 e. The van der Waals surface area contributed by atoms with Gasteiger partial charge < -0.3 is 19.7 Å². The van der Waals surface area contributed by atoms with Gasteiger partial charge in [-0.25, -0.2) is 14.2 Å². The van der Waals surface area contributed by atoms with Gasteiger partial charge in [-0.05, 0) is 43.0 Å². The molecule has 2 fully saturated rings. The number of carboxylic acids is 1. The Bertz CT molecular complexity index is 882. The third kappa shape index (κ3) is 3.34. The molecule has 28 heavy (non-hydrogen) atoms. The van der Waals surface area contributed by atoms with Crippen molar-refractivity contribution in [1.82, 2.24) is 15.2 Å². The number of fused-ring (bicyclic) bond motifs is 1. The Morgan fingerprint density at radius 1 is 1.36 bits per heavy atom. The standard InChI is InChI=1S/C20H22FN3O4/c21-15-5-3-13(4-6-15)17-23-16(11-28-17)7-9-22-19(27)24-10-14-2-1-8-20(14,12-24)18(25)26/h3-6,11,14H,1-2,7-10,12H2,(H,22,27)(H,25,26)/t14-,20+/m0/s1. The molecule has 0 radical (unpaired) electrons. The van der Waals surface area contributed by atoms with E-state index in [9.17, 15) is 19.1 Å². The Morgan fingerprint density at radius 2 is 2.14 bits per heavy atom. The number of carbonyl (C=O) groups is 2. The van der Waals surface area contributed by atoms with Crippen LogP contribution in [0.25, 0.3) is 11.5 Å². The van der Waals surface area contributed by atoms with Gasteiger partial charge in [0.2, 0.25) is 5.89 Å². The molecule has 0 unspecified atom stereocenters. The van der Waals surface area contributed by atoms with E-state index in [2.05, 4.69) is 10.3 Å². The molecule has 8 heteroatoms. The molecule has 4 rings (SSSR count). The summed E-state index contributed by atoms with van der Waals surface area (Å²) < 4.78 is 18.4. The summed E-state index contributed by atoms with van der Waals surface area (Å²) in [7, 11) is 0. The number of nitrogens with one attached hydrogen (secondary N) is 1. The fraction of sp³-hybridized carbons (Fsp3) is 0.450. The average molecular weight is 387 g/mol. The Morgan fingerprint density at radius 3 is 2.86 bits per heavy atom. The molecule has 2 heterocycles. The van der Waals surface area contributed by atoms with Gasteiger partial charge in [0.25, 0.3) is 0 Å². The number of carbonyl (C=O) groups excluding carboxylic acids is 1. The van der Waals surface area contributed by atoms with E-state index in [1.54, 1.807) is 17.0 Å². The third-order valence-electron chi connectivity index (χ3n) is 5.88. The molecule has 1 aliphatic carbocycles. The molecule has 1 saturated heterocycles. The van der Waals surface area contributed by atoms with Crippen LogP contribution in [0.4, 0.5) is 9.18 Å². The van der Waals surface area contributed by atoms with E-state index in [0.717, 1.165) is 12.8 Å². The molecule has 0 spiro atoms. The molecular formula is C20H22FN3O4. The minimum atomic E-state index is -0.791. The molecule has 148 valence electrons. The summed E-state index contributed by atoms with van der Waals surface area (Å²) >= 11 is 0. The molecule has 7 nitrogen and oxygen atoms in total. The number of urea groups is 1. The Kier molecular flexibility index (Phi) is 4.78. The zero-order chi connectivity index (χ0) is 19.7. The maximum atomic E-state index is 13.0. The second-order valence-electron chi connectivity index (χ2n) is 7.56. The summed E-state index contributed by atoms with van der Waals surface area (Å²) in [5, 5.41) is 12.4. The third-order valence-corrected chi connectivity index (χ3v) is 5.88. The van der Waals surface area contributed by atoms with Crippen LogP contribution in [0.5, 0.6) is 0 Å². The predicted molar refractivity (Wildman–Crippen MR) is 98.0 cm³/mol. The first-order valence-corrected chi connectivity index (χ1v) is 9.44. The van der Waals surface area contributed by atoms with Crippen molar-refractivity contribution in [3.8, 4) is 11.5 Å². The van der Waals surface area contributed by atoms with Gasteiger partial charge in [0.05, 0.1) is 11.1 Å². The SMILES string of the molecule is O=C(NCCc1coc(-c2ccc(F)cc2)n1)N1C[C@@H]2CCC[C@@]2(C(=O)O)C1. The normalized spacial score (nSPS) is 23.6. The zero-order valence-corrected chi connectivity index (χ0v) is 15.4. The molecule has 2 aliphatic rings. The maximum Gasteiger partial charge on any atom is 0.317 e. The van der Waals surface area contributed by atoms with E-state index in [-0.39, 0.29) is 24.3 Å². The largest absolute Gasteiger partial charge is 0.481 e. The maximum absolute atomic E-state index is 13.0. The molecule has 0 bridgehead atoms. The van der Waals surface area contributed by atoms with Crippen molar-refractivity contribution in [1.29, 1.82) is 0 Å². The second kappa shape index (κ2) is 7.26. The van der Waals surface area contributed by atoms with Gasteiger partial charge in [0, 0.05) is 31.6 Å². The van der Waals surface area contributed by atoms with Crippen LogP contribution in [-0.2, 0) is 11.2 Å². The highest BCUT2D eigenvalue weighted by Gasteiger charge is 2.55. The zero-order valence-electron chi connectivity index (χ0n) is 15.4. The lowest BCUT2D eigenvalue weighted by Gasteiger charge is -2.23. The first kappa shape index (κ1) is 18.5. The van der Waals surface area contributed by atoms with Crippen LogP contribution in [0.2, 0.25) is 0 Å². The topological polar surface area (TPSA) is 95.7 Å². The molecule has 1 saturated carbocycles. The number of oxazole rings is 1. The van der Waals surface area contributed by atoms with E-state index < -0.39 is 11.4 Å². The predicted octanol–water partition coefficient (Wildman–Crippen LogP) is 2.92. The number of aromatic nitrogens is 1.